The summed E-state index contributed by atoms with van der Waals surface area (Å²) in [7, 11) is 1.56. The minimum absolute atomic E-state index is 0.0538. The number of oxazole rings is 1. The first-order valence-corrected chi connectivity index (χ1v) is 11.5. The molecule has 0 aliphatic carbocycles. The SMILES string of the molecule is COCc1ccc(C(=O)Nc2ccc(-c3nc(CNC(=O)C(C)N4CCOCC4)c(C)o3)cc2)o1. The molecule has 1 aromatic carbocycles. The molecule has 1 saturated heterocycles. The van der Waals surface area contributed by atoms with Gasteiger partial charge in [-0.25, -0.2) is 4.98 Å². The third-order valence-corrected chi connectivity index (χ3v) is 5.86. The normalized spacial score (nSPS) is 15.1. The molecule has 3 heterocycles. The van der Waals surface area contributed by atoms with Gasteiger partial charge in [0.15, 0.2) is 5.76 Å². The van der Waals surface area contributed by atoms with Crippen molar-refractivity contribution in [3.8, 4) is 11.5 Å². The van der Waals surface area contributed by atoms with Gasteiger partial charge in [0.25, 0.3) is 5.91 Å². The summed E-state index contributed by atoms with van der Waals surface area (Å²) in [6.07, 6.45) is 0. The molecule has 0 spiro atoms. The standard InChI is InChI=1S/C25H30N4O6/c1-16(29-10-12-33-13-11-29)23(30)26-14-21-17(2)34-25(28-21)18-4-6-19(7-5-18)27-24(31)22-9-8-20(35-22)15-32-3/h4-9,16H,10-15H2,1-3H3,(H,26,30)(H,27,31). The number of aromatic nitrogens is 1. The number of carbonyl (C=O) groups excluding carboxylic acids is 2. The summed E-state index contributed by atoms with van der Waals surface area (Å²) in [5.41, 5.74) is 2.03. The van der Waals surface area contributed by atoms with E-state index in [4.69, 9.17) is 18.3 Å². The zero-order chi connectivity index (χ0) is 24.8. The molecule has 1 aliphatic heterocycles. The summed E-state index contributed by atoms with van der Waals surface area (Å²) in [6, 6.07) is 10.2. The molecule has 2 amide bonds. The molecular weight excluding hydrogens is 452 g/mol. The van der Waals surface area contributed by atoms with Gasteiger partial charge in [-0.15, -0.1) is 0 Å². The van der Waals surface area contributed by atoms with Crippen molar-refractivity contribution in [2.45, 2.75) is 33.0 Å². The van der Waals surface area contributed by atoms with Crippen LogP contribution < -0.4 is 10.6 Å². The largest absolute Gasteiger partial charge is 0.453 e. The second-order valence-electron chi connectivity index (χ2n) is 8.29. The zero-order valence-electron chi connectivity index (χ0n) is 20.1. The molecule has 0 saturated carbocycles. The van der Waals surface area contributed by atoms with Crippen molar-refractivity contribution in [1.29, 1.82) is 0 Å². The minimum Gasteiger partial charge on any atom is -0.453 e. The molecule has 10 nitrogen and oxygen atoms in total. The summed E-state index contributed by atoms with van der Waals surface area (Å²) >= 11 is 0. The molecule has 1 unspecified atom stereocenters. The number of benzene rings is 1. The van der Waals surface area contributed by atoms with E-state index in [9.17, 15) is 9.59 Å². The Bertz CT molecular complexity index is 1150. The van der Waals surface area contributed by atoms with Crippen molar-refractivity contribution in [2.24, 2.45) is 0 Å². The molecule has 0 radical (unpaired) electrons. The predicted molar refractivity (Wildman–Crippen MR) is 128 cm³/mol. The molecule has 186 valence electrons. The molecule has 0 bridgehead atoms. The van der Waals surface area contributed by atoms with Crippen LogP contribution in [0.25, 0.3) is 11.5 Å². The average molecular weight is 483 g/mol. The monoisotopic (exact) mass is 482 g/mol. The third kappa shape index (κ3) is 6.16. The van der Waals surface area contributed by atoms with Crippen molar-refractivity contribution in [2.75, 3.05) is 38.7 Å². The number of anilines is 1. The van der Waals surface area contributed by atoms with E-state index in [-0.39, 0.29) is 30.2 Å². The Morgan fingerprint density at radius 2 is 1.86 bits per heavy atom. The van der Waals surface area contributed by atoms with Gasteiger partial charge in [-0.2, -0.15) is 0 Å². The van der Waals surface area contributed by atoms with Gasteiger partial charge < -0.3 is 28.9 Å². The van der Waals surface area contributed by atoms with Crippen LogP contribution in [-0.4, -0.2) is 61.2 Å². The summed E-state index contributed by atoms with van der Waals surface area (Å²) in [6.45, 7) is 7.07. The molecule has 2 N–H and O–H groups in total. The number of carbonyl (C=O) groups is 2. The highest BCUT2D eigenvalue weighted by atomic mass is 16.5. The van der Waals surface area contributed by atoms with Crippen LogP contribution in [0.1, 0.15) is 34.7 Å². The Morgan fingerprint density at radius 3 is 2.57 bits per heavy atom. The molecule has 10 heteroatoms. The van der Waals surface area contributed by atoms with Crippen molar-refractivity contribution in [3.63, 3.8) is 0 Å². The predicted octanol–water partition coefficient (Wildman–Crippen LogP) is 2.98. The minimum atomic E-state index is -0.351. The van der Waals surface area contributed by atoms with E-state index >= 15 is 0 Å². The van der Waals surface area contributed by atoms with Crippen LogP contribution in [-0.2, 0) is 27.4 Å². The number of furan rings is 1. The average Bonchev–Trinajstić information content (AvgIpc) is 3.50. The number of aryl methyl sites for hydroxylation is 1. The van der Waals surface area contributed by atoms with Crippen LogP contribution in [0, 0.1) is 6.92 Å². The van der Waals surface area contributed by atoms with Gasteiger partial charge in [0, 0.05) is 31.5 Å². The third-order valence-electron chi connectivity index (χ3n) is 5.86. The number of rotatable bonds is 9. The van der Waals surface area contributed by atoms with E-state index in [1.807, 2.05) is 26.0 Å². The zero-order valence-corrected chi connectivity index (χ0v) is 20.1. The van der Waals surface area contributed by atoms with Gasteiger partial charge in [0.1, 0.15) is 23.8 Å². The van der Waals surface area contributed by atoms with E-state index in [0.717, 1.165) is 18.7 Å². The maximum absolute atomic E-state index is 12.6. The second-order valence-corrected chi connectivity index (χ2v) is 8.29. The fourth-order valence-corrected chi connectivity index (χ4v) is 3.77. The van der Waals surface area contributed by atoms with Gasteiger partial charge in [-0.05, 0) is 50.2 Å². The van der Waals surface area contributed by atoms with Crippen molar-refractivity contribution in [3.05, 3.63) is 59.4 Å². The Labute approximate surface area is 203 Å². The molecule has 2 aromatic heterocycles. The van der Waals surface area contributed by atoms with Gasteiger partial charge in [0.2, 0.25) is 11.8 Å². The molecule has 1 aliphatic rings. The highest BCUT2D eigenvalue weighted by molar-refractivity contribution is 6.02. The maximum atomic E-state index is 12.6. The van der Waals surface area contributed by atoms with Gasteiger partial charge in [0.05, 0.1) is 25.8 Å². The van der Waals surface area contributed by atoms with E-state index < -0.39 is 0 Å². The number of ether oxygens (including phenoxy) is 2. The molecule has 3 aromatic rings. The van der Waals surface area contributed by atoms with Crippen LogP contribution in [0.4, 0.5) is 5.69 Å². The lowest BCUT2D eigenvalue weighted by Crippen LogP contribution is -2.49. The number of amides is 2. The smallest absolute Gasteiger partial charge is 0.291 e. The molecule has 1 fully saturated rings. The van der Waals surface area contributed by atoms with E-state index in [0.29, 0.717) is 48.6 Å². The highest BCUT2D eigenvalue weighted by Gasteiger charge is 2.23. The van der Waals surface area contributed by atoms with E-state index in [1.165, 1.54) is 0 Å². The van der Waals surface area contributed by atoms with Crippen molar-refractivity contribution < 1.29 is 27.9 Å². The number of morpholine rings is 1. The maximum Gasteiger partial charge on any atom is 0.291 e. The number of nitrogens with one attached hydrogen (secondary N) is 2. The Kier molecular flexibility index (Phi) is 7.96. The fraction of sp³-hybridized carbons (Fsp3) is 0.400. The van der Waals surface area contributed by atoms with Gasteiger partial charge in [-0.3, -0.25) is 14.5 Å². The molecular formula is C25H30N4O6. The lowest BCUT2D eigenvalue weighted by molar-refractivity contribution is -0.127. The molecule has 4 rings (SSSR count). The number of nitrogens with zero attached hydrogens (tertiary/aromatic N) is 2. The van der Waals surface area contributed by atoms with Gasteiger partial charge >= 0.3 is 0 Å². The second kappa shape index (κ2) is 11.3. The number of hydrogen-bond donors (Lipinski definition) is 2. The summed E-state index contributed by atoms with van der Waals surface area (Å²) in [5, 5.41) is 5.74. The van der Waals surface area contributed by atoms with Crippen LogP contribution in [0.3, 0.4) is 0 Å². The van der Waals surface area contributed by atoms with Crippen LogP contribution in [0.15, 0.2) is 45.2 Å². The van der Waals surface area contributed by atoms with Crippen LogP contribution in [0.2, 0.25) is 0 Å². The topological polar surface area (TPSA) is 119 Å². The van der Waals surface area contributed by atoms with E-state index in [2.05, 4.69) is 20.5 Å². The first-order chi connectivity index (χ1) is 16.9. The highest BCUT2D eigenvalue weighted by Crippen LogP contribution is 2.24. The molecule has 35 heavy (non-hydrogen) atoms. The fourth-order valence-electron chi connectivity index (χ4n) is 3.77. The lowest BCUT2D eigenvalue weighted by atomic mass is 10.2. The first-order valence-electron chi connectivity index (χ1n) is 11.5. The number of methoxy groups -OCH3 is 1. The Balaban J connectivity index is 1.34. The Hall–Kier alpha value is -3.47. The molecule has 1 atom stereocenters. The van der Waals surface area contributed by atoms with Crippen LogP contribution >= 0.6 is 0 Å². The van der Waals surface area contributed by atoms with Crippen molar-refractivity contribution >= 4 is 17.5 Å². The van der Waals surface area contributed by atoms with E-state index in [1.54, 1.807) is 31.4 Å². The van der Waals surface area contributed by atoms with Crippen LogP contribution in [0.5, 0.6) is 0 Å². The summed E-state index contributed by atoms with van der Waals surface area (Å²) in [4.78, 5) is 31.6. The van der Waals surface area contributed by atoms with Gasteiger partial charge in [-0.1, -0.05) is 0 Å². The van der Waals surface area contributed by atoms with Crippen molar-refractivity contribution in [1.82, 2.24) is 15.2 Å². The number of hydrogen-bond acceptors (Lipinski definition) is 8. The quantitative estimate of drug-likeness (QED) is 0.478. The lowest BCUT2D eigenvalue weighted by Gasteiger charge is -2.31. The summed E-state index contributed by atoms with van der Waals surface area (Å²) in [5.74, 6) is 1.47. The summed E-state index contributed by atoms with van der Waals surface area (Å²) < 4.78 is 21.6. The Morgan fingerprint density at radius 1 is 1.11 bits per heavy atom. The first kappa shape index (κ1) is 24.6.